The predicted octanol–water partition coefficient (Wildman–Crippen LogP) is 2.92. The first-order chi connectivity index (χ1) is 15.9. The average Bonchev–Trinajstić information content (AvgIpc) is 3.25. The summed E-state index contributed by atoms with van der Waals surface area (Å²) < 4.78 is 16.0. The van der Waals surface area contributed by atoms with Gasteiger partial charge in [-0.25, -0.2) is 9.59 Å². The van der Waals surface area contributed by atoms with Crippen molar-refractivity contribution in [1.29, 1.82) is 0 Å². The molecule has 0 saturated carbocycles. The lowest BCUT2D eigenvalue weighted by Crippen LogP contribution is -2.41. The summed E-state index contributed by atoms with van der Waals surface area (Å²) in [6.07, 6.45) is -2.13. The zero-order valence-corrected chi connectivity index (χ0v) is 17.9. The van der Waals surface area contributed by atoms with E-state index in [9.17, 15) is 19.2 Å². The summed E-state index contributed by atoms with van der Waals surface area (Å²) >= 11 is 0. The van der Waals surface area contributed by atoms with Crippen molar-refractivity contribution < 1.29 is 38.5 Å². The molecule has 174 valence electrons. The number of carbonyl (C=O) groups is 4. The van der Waals surface area contributed by atoms with E-state index in [2.05, 4.69) is 0 Å². The second-order valence-electron chi connectivity index (χ2n) is 7.54. The molecule has 0 aliphatic carbocycles. The highest BCUT2D eigenvalue weighted by Gasteiger charge is 2.43. The van der Waals surface area contributed by atoms with Crippen LogP contribution in [0.5, 0.6) is 0 Å². The Morgan fingerprint density at radius 3 is 2.00 bits per heavy atom. The number of carbonyl (C=O) groups excluding carboxylic acids is 3. The van der Waals surface area contributed by atoms with E-state index in [1.165, 1.54) is 4.90 Å². The van der Waals surface area contributed by atoms with Crippen molar-refractivity contribution in [3.63, 3.8) is 0 Å². The maximum atomic E-state index is 12.8. The van der Waals surface area contributed by atoms with Crippen molar-refractivity contribution >= 4 is 24.0 Å². The number of ether oxygens (including phenoxy) is 3. The van der Waals surface area contributed by atoms with E-state index < -0.39 is 36.1 Å². The van der Waals surface area contributed by atoms with E-state index in [0.717, 1.165) is 11.1 Å². The Balaban J connectivity index is 1.63. The molecule has 1 aliphatic rings. The maximum Gasteiger partial charge on any atom is 0.410 e. The van der Waals surface area contributed by atoms with Gasteiger partial charge in [0.15, 0.2) is 0 Å². The lowest BCUT2D eigenvalue weighted by Gasteiger charge is -2.22. The van der Waals surface area contributed by atoms with Crippen LogP contribution in [0.15, 0.2) is 60.7 Å². The molecule has 1 aliphatic heterocycles. The molecule has 2 aromatic carbocycles. The normalized spacial score (nSPS) is 17.3. The van der Waals surface area contributed by atoms with Gasteiger partial charge < -0.3 is 19.3 Å². The first-order valence-corrected chi connectivity index (χ1v) is 10.5. The third-order valence-electron chi connectivity index (χ3n) is 5.04. The van der Waals surface area contributed by atoms with Gasteiger partial charge >= 0.3 is 24.0 Å². The summed E-state index contributed by atoms with van der Waals surface area (Å²) in [5, 5.41) is 8.72. The van der Waals surface area contributed by atoms with E-state index >= 15 is 0 Å². The highest BCUT2D eigenvalue weighted by molar-refractivity contribution is 5.82. The van der Waals surface area contributed by atoms with Gasteiger partial charge in [0.05, 0.1) is 19.4 Å². The highest BCUT2D eigenvalue weighted by atomic mass is 16.6. The number of carboxylic acid groups (broad SMARTS) is 1. The third-order valence-corrected chi connectivity index (χ3v) is 5.04. The van der Waals surface area contributed by atoms with Crippen molar-refractivity contribution in [3.8, 4) is 0 Å². The number of nitrogens with zero attached hydrogens (tertiary/aromatic N) is 1. The van der Waals surface area contributed by atoms with Crippen LogP contribution in [0.3, 0.4) is 0 Å². The minimum Gasteiger partial charge on any atom is -0.481 e. The van der Waals surface area contributed by atoms with Gasteiger partial charge in [0.25, 0.3) is 0 Å². The van der Waals surface area contributed by atoms with E-state index in [-0.39, 0.29) is 39.0 Å². The lowest BCUT2D eigenvalue weighted by atomic mass is 10.2. The largest absolute Gasteiger partial charge is 0.481 e. The SMILES string of the molecule is O=C(O)CCC(=O)O[C@@H]1C[C@@H](C(=O)OCc2ccccc2)N(C(=O)OCc2ccccc2)C1. The standard InChI is InChI=1S/C24H25NO8/c26-21(27)11-12-22(28)33-19-13-20(23(29)31-15-17-7-3-1-4-8-17)25(14-19)24(30)32-16-18-9-5-2-6-10-18/h1-10,19-20H,11-16H2,(H,26,27)/t19-,20+/m1/s1. The van der Waals surface area contributed by atoms with Gasteiger partial charge in [0.1, 0.15) is 25.4 Å². The maximum absolute atomic E-state index is 12.8. The van der Waals surface area contributed by atoms with Crippen LogP contribution < -0.4 is 0 Å². The average molecular weight is 455 g/mol. The fourth-order valence-electron chi connectivity index (χ4n) is 3.39. The fourth-order valence-corrected chi connectivity index (χ4v) is 3.39. The zero-order chi connectivity index (χ0) is 23.6. The van der Waals surface area contributed by atoms with E-state index in [1.807, 2.05) is 36.4 Å². The second-order valence-corrected chi connectivity index (χ2v) is 7.54. The minimum atomic E-state index is -1.12. The highest BCUT2D eigenvalue weighted by Crippen LogP contribution is 2.24. The number of hydrogen-bond acceptors (Lipinski definition) is 7. The van der Waals surface area contributed by atoms with Crippen LogP contribution in [0, 0.1) is 0 Å². The van der Waals surface area contributed by atoms with Crippen LogP contribution >= 0.6 is 0 Å². The number of benzene rings is 2. The number of carboxylic acids is 1. The Morgan fingerprint density at radius 1 is 0.848 bits per heavy atom. The summed E-state index contributed by atoms with van der Waals surface area (Å²) in [6.45, 7) is -0.00526. The molecule has 1 fully saturated rings. The van der Waals surface area contributed by atoms with Crippen molar-refractivity contribution in [3.05, 3.63) is 71.8 Å². The number of esters is 2. The number of aliphatic carboxylic acids is 1. The van der Waals surface area contributed by atoms with Crippen LogP contribution in [0.1, 0.15) is 30.4 Å². The summed E-state index contributed by atoms with van der Waals surface area (Å²) in [6, 6.07) is 17.2. The predicted molar refractivity (Wildman–Crippen MR) is 115 cm³/mol. The van der Waals surface area contributed by atoms with Gasteiger partial charge in [0.2, 0.25) is 0 Å². The fraction of sp³-hybridized carbons (Fsp3) is 0.333. The smallest absolute Gasteiger partial charge is 0.410 e. The van der Waals surface area contributed by atoms with Crippen LogP contribution in [0.4, 0.5) is 4.79 Å². The van der Waals surface area contributed by atoms with Gasteiger partial charge in [-0.3, -0.25) is 14.5 Å². The van der Waals surface area contributed by atoms with E-state index in [4.69, 9.17) is 19.3 Å². The molecule has 1 saturated heterocycles. The molecule has 1 heterocycles. The van der Waals surface area contributed by atoms with E-state index in [0.29, 0.717) is 0 Å². The molecular weight excluding hydrogens is 430 g/mol. The number of hydrogen-bond donors (Lipinski definition) is 1. The Kier molecular flexibility index (Phi) is 8.40. The summed E-state index contributed by atoms with van der Waals surface area (Å²) in [5.74, 6) is -2.47. The molecule has 9 heteroatoms. The lowest BCUT2D eigenvalue weighted by molar-refractivity contribution is -0.152. The molecule has 0 aromatic heterocycles. The van der Waals surface area contributed by atoms with Gasteiger partial charge in [-0.2, -0.15) is 0 Å². The Labute approximate surface area is 190 Å². The summed E-state index contributed by atoms with van der Waals surface area (Å²) in [5.41, 5.74) is 1.57. The van der Waals surface area contributed by atoms with Gasteiger partial charge in [-0.05, 0) is 11.1 Å². The Morgan fingerprint density at radius 2 is 1.42 bits per heavy atom. The number of amides is 1. The molecular formula is C24H25NO8. The minimum absolute atomic E-state index is 0.0189. The quantitative estimate of drug-likeness (QED) is 0.453. The molecule has 9 nitrogen and oxygen atoms in total. The monoisotopic (exact) mass is 455 g/mol. The summed E-state index contributed by atoms with van der Waals surface area (Å²) in [7, 11) is 0. The topological polar surface area (TPSA) is 119 Å². The molecule has 0 spiro atoms. The molecule has 33 heavy (non-hydrogen) atoms. The van der Waals surface area contributed by atoms with Gasteiger partial charge in [-0.1, -0.05) is 60.7 Å². The number of rotatable bonds is 9. The Hall–Kier alpha value is -3.88. The van der Waals surface area contributed by atoms with E-state index in [1.54, 1.807) is 24.3 Å². The molecule has 0 bridgehead atoms. The first-order valence-electron chi connectivity index (χ1n) is 10.5. The van der Waals surface area contributed by atoms with Crippen molar-refractivity contribution in [1.82, 2.24) is 4.90 Å². The Bertz CT molecular complexity index is 899. The number of likely N-dealkylation sites (tertiary alicyclic amines) is 1. The van der Waals surface area contributed by atoms with Crippen LogP contribution in [-0.2, 0) is 41.8 Å². The van der Waals surface area contributed by atoms with Gasteiger partial charge in [-0.15, -0.1) is 0 Å². The van der Waals surface area contributed by atoms with Crippen molar-refractivity contribution in [2.75, 3.05) is 6.54 Å². The summed E-state index contributed by atoms with van der Waals surface area (Å²) in [4.78, 5) is 49.3. The van der Waals surface area contributed by atoms with Gasteiger partial charge in [0, 0.05) is 6.42 Å². The second kappa shape index (κ2) is 11.7. The molecule has 2 atom stereocenters. The molecule has 0 unspecified atom stereocenters. The van der Waals surface area contributed by atoms with Crippen molar-refractivity contribution in [2.24, 2.45) is 0 Å². The first kappa shape index (κ1) is 23.8. The third kappa shape index (κ3) is 7.34. The van der Waals surface area contributed by atoms with Crippen LogP contribution in [-0.4, -0.2) is 52.7 Å². The zero-order valence-electron chi connectivity index (χ0n) is 17.9. The van der Waals surface area contributed by atoms with Crippen molar-refractivity contribution in [2.45, 2.75) is 44.6 Å². The molecule has 3 rings (SSSR count). The molecule has 1 amide bonds. The van der Waals surface area contributed by atoms with Crippen LogP contribution in [0.2, 0.25) is 0 Å². The molecule has 1 N–H and O–H groups in total. The molecule has 2 aromatic rings. The van der Waals surface area contributed by atoms with Crippen LogP contribution in [0.25, 0.3) is 0 Å². The molecule has 0 radical (unpaired) electrons.